The zero-order valence-electron chi connectivity index (χ0n) is 11.8. The van der Waals surface area contributed by atoms with Crippen LogP contribution in [0.3, 0.4) is 0 Å². The van der Waals surface area contributed by atoms with Gasteiger partial charge in [-0.05, 0) is 12.8 Å². The van der Waals surface area contributed by atoms with Crippen molar-refractivity contribution >= 4 is 28.5 Å². The van der Waals surface area contributed by atoms with Gasteiger partial charge in [-0.1, -0.05) is 25.2 Å². The van der Waals surface area contributed by atoms with Crippen LogP contribution >= 0.6 is 11.3 Å². The Morgan fingerprint density at radius 2 is 2.05 bits per heavy atom. The molecule has 0 atom stereocenters. The van der Waals surface area contributed by atoms with Gasteiger partial charge in [-0.2, -0.15) is 0 Å². The summed E-state index contributed by atoms with van der Waals surface area (Å²) < 4.78 is 5.14. The fraction of sp³-hybridized carbons (Fsp3) is 0.583. The van der Waals surface area contributed by atoms with Gasteiger partial charge in [-0.3, -0.25) is 5.32 Å². The molecule has 0 aliphatic carbocycles. The molecule has 0 saturated carbocycles. The normalized spacial score (nSPS) is 10.4. The number of carbonyl (C=O) groups is 2. The number of carbonyl (C=O) groups excluding carboxylic acids is 2. The van der Waals surface area contributed by atoms with Crippen LogP contribution in [0.2, 0.25) is 0 Å². The minimum atomic E-state index is -0.394. The third kappa shape index (κ3) is 4.51. The van der Waals surface area contributed by atoms with E-state index in [1.54, 1.807) is 21.0 Å². The van der Waals surface area contributed by atoms with Gasteiger partial charge in [0.1, 0.15) is 4.88 Å². The minimum Gasteiger partial charge on any atom is -0.461 e. The number of esters is 1. The Labute approximate surface area is 116 Å². The number of rotatable bonds is 4. The molecule has 0 aromatic carbocycles. The third-order valence-electron chi connectivity index (χ3n) is 2.15. The Morgan fingerprint density at radius 3 is 2.58 bits per heavy atom. The van der Waals surface area contributed by atoms with Gasteiger partial charge in [0.25, 0.3) is 0 Å². The van der Waals surface area contributed by atoms with Crippen LogP contribution in [-0.4, -0.2) is 42.6 Å². The highest BCUT2D eigenvalue weighted by Crippen LogP contribution is 2.23. The van der Waals surface area contributed by atoms with E-state index in [9.17, 15) is 9.59 Å². The molecule has 6 nitrogen and oxygen atoms in total. The summed E-state index contributed by atoms with van der Waals surface area (Å²) in [6.07, 6.45) is 0. The molecule has 0 saturated heterocycles. The van der Waals surface area contributed by atoms with E-state index in [0.717, 1.165) is 11.3 Å². The third-order valence-corrected chi connectivity index (χ3v) is 3.20. The largest absolute Gasteiger partial charge is 0.461 e. The first kappa shape index (κ1) is 15.4. The zero-order chi connectivity index (χ0) is 14.6. The van der Waals surface area contributed by atoms with Gasteiger partial charge in [0, 0.05) is 14.1 Å². The monoisotopic (exact) mass is 285 g/mol. The number of amides is 2. The molecule has 0 fully saturated rings. The molecule has 0 unspecified atom stereocenters. The lowest BCUT2D eigenvalue weighted by Crippen LogP contribution is -2.27. The smallest absolute Gasteiger partial charge is 0.350 e. The fourth-order valence-corrected chi connectivity index (χ4v) is 2.00. The lowest BCUT2D eigenvalue weighted by Gasteiger charge is -2.09. The molecule has 19 heavy (non-hydrogen) atoms. The van der Waals surface area contributed by atoms with Gasteiger partial charge in [-0.15, -0.1) is 0 Å². The molecular formula is C12H19N3O3S. The van der Waals surface area contributed by atoms with Gasteiger partial charge in [0.15, 0.2) is 5.13 Å². The minimum absolute atomic E-state index is 0.282. The second kappa shape index (κ2) is 6.51. The molecule has 1 aromatic heterocycles. The van der Waals surface area contributed by atoms with Crippen LogP contribution in [-0.2, 0) is 4.74 Å². The van der Waals surface area contributed by atoms with E-state index in [1.807, 2.05) is 13.8 Å². The topological polar surface area (TPSA) is 71.5 Å². The highest BCUT2D eigenvalue weighted by atomic mass is 32.1. The van der Waals surface area contributed by atoms with E-state index in [4.69, 9.17) is 4.74 Å². The average Bonchev–Trinajstić information content (AvgIpc) is 2.67. The van der Waals surface area contributed by atoms with Gasteiger partial charge in [0.05, 0.1) is 12.3 Å². The Balaban J connectivity index is 2.73. The SMILES string of the molecule is Cc1nc(NC(=O)N(C)C)sc1C(=O)OCC(C)C. The number of aromatic nitrogens is 1. The molecule has 0 bridgehead atoms. The molecule has 1 N–H and O–H groups in total. The molecule has 1 aromatic rings. The molecule has 7 heteroatoms. The maximum atomic E-state index is 11.8. The second-order valence-electron chi connectivity index (χ2n) is 4.75. The summed E-state index contributed by atoms with van der Waals surface area (Å²) in [5.41, 5.74) is 0.563. The molecule has 2 amide bonds. The van der Waals surface area contributed by atoms with Crippen molar-refractivity contribution in [1.29, 1.82) is 0 Å². The van der Waals surface area contributed by atoms with Crippen LogP contribution in [0.15, 0.2) is 0 Å². The van der Waals surface area contributed by atoms with Gasteiger partial charge in [0.2, 0.25) is 0 Å². The summed E-state index contributed by atoms with van der Waals surface area (Å²) in [5.74, 6) is -0.112. The van der Waals surface area contributed by atoms with Crippen molar-refractivity contribution in [3.05, 3.63) is 10.6 Å². The Bertz CT molecular complexity index is 469. The summed E-state index contributed by atoms with van der Waals surface area (Å²) in [6, 6.07) is -0.282. The van der Waals surface area contributed by atoms with Crippen LogP contribution in [0.25, 0.3) is 0 Å². The standard InChI is InChI=1S/C12H19N3O3S/c1-7(2)6-18-10(16)9-8(3)13-11(19-9)14-12(17)15(4)5/h7H,6H2,1-5H3,(H,13,14,17). The van der Waals surface area contributed by atoms with Crippen LogP contribution in [0, 0.1) is 12.8 Å². The lowest BCUT2D eigenvalue weighted by molar-refractivity contribution is 0.0463. The van der Waals surface area contributed by atoms with Gasteiger partial charge >= 0.3 is 12.0 Å². The number of urea groups is 1. The number of nitrogens with one attached hydrogen (secondary N) is 1. The molecular weight excluding hydrogens is 266 g/mol. The quantitative estimate of drug-likeness (QED) is 0.862. The summed E-state index contributed by atoms with van der Waals surface area (Å²) in [5, 5.41) is 3.00. The molecule has 0 spiro atoms. The summed E-state index contributed by atoms with van der Waals surface area (Å²) in [4.78, 5) is 29.3. The Hall–Kier alpha value is -1.63. The maximum Gasteiger partial charge on any atom is 0.350 e. The van der Waals surface area contributed by atoms with E-state index in [0.29, 0.717) is 22.3 Å². The highest BCUT2D eigenvalue weighted by molar-refractivity contribution is 7.17. The number of thiazole rings is 1. The highest BCUT2D eigenvalue weighted by Gasteiger charge is 2.18. The van der Waals surface area contributed by atoms with Gasteiger partial charge < -0.3 is 9.64 Å². The first-order valence-electron chi connectivity index (χ1n) is 5.94. The van der Waals surface area contributed by atoms with Crippen LogP contribution in [0.5, 0.6) is 0 Å². The summed E-state index contributed by atoms with van der Waals surface area (Å²) in [7, 11) is 3.27. The van der Waals surface area contributed by atoms with E-state index < -0.39 is 5.97 Å². The van der Waals surface area contributed by atoms with E-state index in [-0.39, 0.29) is 11.9 Å². The van der Waals surface area contributed by atoms with Crippen LogP contribution < -0.4 is 5.32 Å². The van der Waals surface area contributed by atoms with Crippen LogP contribution in [0.4, 0.5) is 9.93 Å². The van der Waals surface area contributed by atoms with E-state index in [1.165, 1.54) is 4.90 Å². The number of nitrogens with zero attached hydrogens (tertiary/aromatic N) is 2. The van der Waals surface area contributed by atoms with Crippen molar-refractivity contribution in [1.82, 2.24) is 9.88 Å². The maximum absolute atomic E-state index is 11.8. The molecule has 106 valence electrons. The first-order valence-corrected chi connectivity index (χ1v) is 6.75. The number of hydrogen-bond acceptors (Lipinski definition) is 5. The molecule has 1 rings (SSSR count). The first-order chi connectivity index (χ1) is 8.81. The van der Waals surface area contributed by atoms with E-state index in [2.05, 4.69) is 10.3 Å². The zero-order valence-corrected chi connectivity index (χ0v) is 12.6. The molecule has 0 radical (unpaired) electrons. The average molecular weight is 285 g/mol. The van der Waals surface area contributed by atoms with Crippen molar-refractivity contribution in [3.63, 3.8) is 0 Å². The summed E-state index contributed by atoms with van der Waals surface area (Å²) in [6.45, 7) is 6.02. The van der Waals surface area contributed by atoms with Crippen molar-refractivity contribution in [3.8, 4) is 0 Å². The molecule has 0 aliphatic heterocycles. The number of hydrogen-bond donors (Lipinski definition) is 1. The predicted molar refractivity (Wildman–Crippen MR) is 74.7 cm³/mol. The number of anilines is 1. The molecule has 1 heterocycles. The Kier molecular flexibility index (Phi) is 5.29. The van der Waals surface area contributed by atoms with Crippen molar-refractivity contribution in [2.75, 3.05) is 26.0 Å². The fourth-order valence-electron chi connectivity index (χ4n) is 1.15. The lowest BCUT2D eigenvalue weighted by atomic mass is 10.2. The number of ether oxygens (including phenoxy) is 1. The second-order valence-corrected chi connectivity index (χ2v) is 5.75. The summed E-state index contributed by atoms with van der Waals surface area (Å²) >= 11 is 1.12. The van der Waals surface area contributed by atoms with Crippen LogP contribution in [0.1, 0.15) is 29.2 Å². The van der Waals surface area contributed by atoms with Gasteiger partial charge in [-0.25, -0.2) is 14.6 Å². The van der Waals surface area contributed by atoms with E-state index >= 15 is 0 Å². The van der Waals surface area contributed by atoms with Crippen molar-refractivity contribution < 1.29 is 14.3 Å². The van der Waals surface area contributed by atoms with Crippen molar-refractivity contribution in [2.24, 2.45) is 5.92 Å². The number of aryl methyl sites for hydroxylation is 1. The van der Waals surface area contributed by atoms with Crippen molar-refractivity contribution in [2.45, 2.75) is 20.8 Å². The Morgan fingerprint density at radius 1 is 1.42 bits per heavy atom. The molecule has 0 aliphatic rings. The predicted octanol–water partition coefficient (Wildman–Crippen LogP) is 2.36.